The van der Waals surface area contributed by atoms with Crippen LogP contribution in [0.4, 0.5) is 0 Å². The van der Waals surface area contributed by atoms with Crippen LogP contribution < -0.4 is 5.32 Å². The molecule has 0 radical (unpaired) electrons. The second-order valence-corrected chi connectivity index (χ2v) is 3.97. The van der Waals surface area contributed by atoms with Gasteiger partial charge in [-0.15, -0.1) is 0 Å². The zero-order valence-corrected chi connectivity index (χ0v) is 8.33. The molecule has 0 amide bonds. The largest absolute Gasteiger partial charge is 0.338 e. The number of piperidine rings is 1. The maximum absolute atomic E-state index is 4.41. The van der Waals surface area contributed by atoms with Crippen LogP contribution in [0.25, 0.3) is 0 Å². The molecule has 1 aromatic rings. The first-order valence-corrected chi connectivity index (χ1v) is 4.97. The molecule has 3 heteroatoms. The Hall–Kier alpha value is -0.830. The molecule has 2 unspecified atom stereocenters. The van der Waals surface area contributed by atoms with Crippen molar-refractivity contribution in [2.45, 2.75) is 19.3 Å². The second kappa shape index (κ2) is 3.50. The van der Waals surface area contributed by atoms with Crippen molar-refractivity contribution in [3.63, 3.8) is 0 Å². The van der Waals surface area contributed by atoms with E-state index in [1.54, 1.807) is 0 Å². The lowest BCUT2D eigenvalue weighted by Gasteiger charge is -2.28. The van der Waals surface area contributed by atoms with Crippen LogP contribution in [0.1, 0.15) is 25.1 Å². The summed E-state index contributed by atoms with van der Waals surface area (Å²) in [6.07, 6.45) is 5.17. The summed E-state index contributed by atoms with van der Waals surface area (Å²) in [6, 6.07) is 0. The van der Waals surface area contributed by atoms with Gasteiger partial charge in [0.2, 0.25) is 0 Å². The molecule has 1 fully saturated rings. The molecule has 1 aliphatic heterocycles. The maximum Gasteiger partial charge on any atom is 0.113 e. The van der Waals surface area contributed by atoms with Gasteiger partial charge in [-0.05, 0) is 18.9 Å². The number of imidazole rings is 1. The summed E-state index contributed by atoms with van der Waals surface area (Å²) in [5.41, 5.74) is 0. The molecule has 0 bridgehead atoms. The van der Waals surface area contributed by atoms with E-state index in [-0.39, 0.29) is 0 Å². The van der Waals surface area contributed by atoms with Crippen LogP contribution in [-0.2, 0) is 7.05 Å². The van der Waals surface area contributed by atoms with Crippen molar-refractivity contribution in [2.75, 3.05) is 13.1 Å². The van der Waals surface area contributed by atoms with E-state index in [0.29, 0.717) is 5.92 Å². The van der Waals surface area contributed by atoms with Gasteiger partial charge in [0.25, 0.3) is 0 Å². The van der Waals surface area contributed by atoms with Crippen LogP contribution in [0.5, 0.6) is 0 Å². The van der Waals surface area contributed by atoms with Crippen LogP contribution >= 0.6 is 0 Å². The molecule has 2 heterocycles. The summed E-state index contributed by atoms with van der Waals surface area (Å²) in [6.45, 7) is 4.55. The highest BCUT2D eigenvalue weighted by Crippen LogP contribution is 2.26. The first-order chi connectivity index (χ1) is 6.29. The van der Waals surface area contributed by atoms with E-state index in [1.165, 1.54) is 12.2 Å². The fourth-order valence-electron chi connectivity index (χ4n) is 2.07. The van der Waals surface area contributed by atoms with Gasteiger partial charge in [-0.2, -0.15) is 0 Å². The molecule has 0 spiro atoms. The quantitative estimate of drug-likeness (QED) is 0.700. The lowest BCUT2D eigenvalue weighted by atomic mass is 9.87. The lowest BCUT2D eigenvalue weighted by molar-refractivity contribution is 0.332. The molecule has 72 valence electrons. The van der Waals surface area contributed by atoms with Crippen LogP contribution in [0, 0.1) is 5.92 Å². The van der Waals surface area contributed by atoms with E-state index in [9.17, 15) is 0 Å². The minimum atomic E-state index is 0.591. The standard InChI is InChI=1S/C10H17N3/c1-8-3-4-11-7-9(8)10-12-5-6-13(10)2/h5-6,8-9,11H,3-4,7H2,1-2H3. The van der Waals surface area contributed by atoms with Gasteiger partial charge >= 0.3 is 0 Å². The number of aryl methyl sites for hydroxylation is 1. The van der Waals surface area contributed by atoms with Crippen molar-refractivity contribution >= 4 is 0 Å². The highest BCUT2D eigenvalue weighted by atomic mass is 15.1. The highest BCUT2D eigenvalue weighted by Gasteiger charge is 2.25. The van der Waals surface area contributed by atoms with Crippen molar-refractivity contribution in [1.82, 2.24) is 14.9 Å². The van der Waals surface area contributed by atoms with E-state index in [0.717, 1.165) is 19.0 Å². The molecule has 0 saturated carbocycles. The minimum Gasteiger partial charge on any atom is -0.338 e. The Labute approximate surface area is 79.2 Å². The number of hydrogen-bond donors (Lipinski definition) is 1. The van der Waals surface area contributed by atoms with Crippen LogP contribution in [-0.4, -0.2) is 22.6 Å². The highest BCUT2D eigenvalue weighted by molar-refractivity contribution is 5.04. The number of nitrogens with zero attached hydrogens (tertiary/aromatic N) is 2. The third-order valence-electron chi connectivity index (χ3n) is 3.02. The number of aromatic nitrogens is 2. The predicted molar refractivity (Wildman–Crippen MR) is 52.6 cm³/mol. The number of rotatable bonds is 1. The summed E-state index contributed by atoms with van der Waals surface area (Å²) in [7, 11) is 2.07. The molecule has 2 rings (SSSR count). The average Bonchev–Trinajstić information content (AvgIpc) is 2.52. The van der Waals surface area contributed by atoms with E-state index in [1.807, 2.05) is 12.4 Å². The monoisotopic (exact) mass is 179 g/mol. The van der Waals surface area contributed by atoms with Gasteiger partial charge in [0, 0.05) is 31.9 Å². The fourth-order valence-corrected chi connectivity index (χ4v) is 2.07. The average molecular weight is 179 g/mol. The molecule has 0 aromatic carbocycles. The topological polar surface area (TPSA) is 29.9 Å². The number of nitrogens with one attached hydrogen (secondary N) is 1. The Morgan fingerprint density at radius 3 is 3.08 bits per heavy atom. The summed E-state index contributed by atoms with van der Waals surface area (Å²) < 4.78 is 2.13. The zero-order valence-electron chi connectivity index (χ0n) is 8.33. The second-order valence-electron chi connectivity index (χ2n) is 3.97. The Morgan fingerprint density at radius 2 is 2.46 bits per heavy atom. The SMILES string of the molecule is CC1CCNCC1c1nccn1C. The Kier molecular flexibility index (Phi) is 2.36. The molecule has 3 nitrogen and oxygen atoms in total. The zero-order chi connectivity index (χ0) is 9.26. The van der Waals surface area contributed by atoms with E-state index < -0.39 is 0 Å². The van der Waals surface area contributed by atoms with E-state index in [4.69, 9.17) is 0 Å². The molecule has 0 aliphatic carbocycles. The van der Waals surface area contributed by atoms with Gasteiger partial charge in [-0.25, -0.2) is 4.98 Å². The molecular formula is C10H17N3. The Balaban J connectivity index is 2.19. The Morgan fingerprint density at radius 1 is 1.62 bits per heavy atom. The lowest BCUT2D eigenvalue weighted by Crippen LogP contribution is -2.35. The summed E-state index contributed by atoms with van der Waals surface area (Å²) in [5.74, 6) is 2.57. The van der Waals surface area contributed by atoms with E-state index >= 15 is 0 Å². The van der Waals surface area contributed by atoms with Crippen molar-refractivity contribution in [2.24, 2.45) is 13.0 Å². The van der Waals surface area contributed by atoms with Gasteiger partial charge in [-0.1, -0.05) is 6.92 Å². The van der Waals surface area contributed by atoms with Gasteiger partial charge in [0.15, 0.2) is 0 Å². The van der Waals surface area contributed by atoms with Crippen molar-refractivity contribution in [3.05, 3.63) is 18.2 Å². The Bertz CT molecular complexity index is 279. The fraction of sp³-hybridized carbons (Fsp3) is 0.700. The molecule has 1 N–H and O–H groups in total. The minimum absolute atomic E-state index is 0.591. The summed E-state index contributed by atoms with van der Waals surface area (Å²) >= 11 is 0. The smallest absolute Gasteiger partial charge is 0.113 e. The molecular weight excluding hydrogens is 162 g/mol. The maximum atomic E-state index is 4.41. The van der Waals surface area contributed by atoms with Crippen LogP contribution in [0.2, 0.25) is 0 Å². The van der Waals surface area contributed by atoms with Crippen LogP contribution in [0.3, 0.4) is 0 Å². The van der Waals surface area contributed by atoms with Gasteiger partial charge in [0.1, 0.15) is 5.82 Å². The van der Waals surface area contributed by atoms with E-state index in [2.05, 4.69) is 28.8 Å². The van der Waals surface area contributed by atoms with Crippen molar-refractivity contribution in [1.29, 1.82) is 0 Å². The van der Waals surface area contributed by atoms with Gasteiger partial charge < -0.3 is 9.88 Å². The predicted octanol–water partition coefficient (Wildman–Crippen LogP) is 1.13. The third-order valence-corrected chi connectivity index (χ3v) is 3.02. The van der Waals surface area contributed by atoms with Crippen molar-refractivity contribution in [3.8, 4) is 0 Å². The first-order valence-electron chi connectivity index (χ1n) is 4.97. The van der Waals surface area contributed by atoms with Crippen LogP contribution in [0.15, 0.2) is 12.4 Å². The van der Waals surface area contributed by atoms with Gasteiger partial charge in [0.05, 0.1) is 0 Å². The molecule has 1 aromatic heterocycles. The van der Waals surface area contributed by atoms with Gasteiger partial charge in [-0.3, -0.25) is 0 Å². The molecule has 2 atom stereocenters. The molecule has 1 aliphatic rings. The molecule has 13 heavy (non-hydrogen) atoms. The third kappa shape index (κ3) is 1.61. The van der Waals surface area contributed by atoms with Crippen molar-refractivity contribution < 1.29 is 0 Å². The normalized spacial score (nSPS) is 29.1. The molecule has 1 saturated heterocycles. The summed E-state index contributed by atoms with van der Waals surface area (Å²) in [5, 5.41) is 3.43. The first kappa shape index (κ1) is 8.75. The number of hydrogen-bond acceptors (Lipinski definition) is 2. The summed E-state index contributed by atoms with van der Waals surface area (Å²) in [4.78, 5) is 4.41.